The van der Waals surface area contributed by atoms with Gasteiger partial charge in [-0.1, -0.05) is 0 Å². The molecule has 0 aromatic carbocycles. The van der Waals surface area contributed by atoms with Crippen molar-refractivity contribution in [2.45, 2.75) is 13.8 Å². The highest BCUT2D eigenvalue weighted by molar-refractivity contribution is 5.77. The normalized spacial score (nSPS) is 10.7. The summed E-state index contributed by atoms with van der Waals surface area (Å²) in [4.78, 5) is 34.2. The zero-order valence-electron chi connectivity index (χ0n) is 19.3. The first-order valence-corrected chi connectivity index (χ1v) is 10.9. The molecule has 0 aliphatic heterocycles. The summed E-state index contributed by atoms with van der Waals surface area (Å²) >= 11 is 0. The van der Waals surface area contributed by atoms with Crippen molar-refractivity contribution in [1.82, 2.24) is 16.0 Å². The van der Waals surface area contributed by atoms with Crippen molar-refractivity contribution in [2.75, 3.05) is 98.9 Å². The Kier molecular flexibility index (Phi) is 22.5. The topological polar surface area (TPSA) is 143 Å². The zero-order valence-corrected chi connectivity index (χ0v) is 19.3. The Balaban J connectivity index is 3.29. The van der Waals surface area contributed by atoms with Crippen LogP contribution < -0.4 is 16.0 Å². The maximum Gasteiger partial charge on any atom is 0.246 e. The molecule has 0 bridgehead atoms. The smallest absolute Gasteiger partial charge is 0.246 e. The predicted molar refractivity (Wildman–Crippen MR) is 115 cm³/mol. The fraction of sp³-hybridized carbons (Fsp3) is 0.850. The van der Waals surface area contributed by atoms with Crippen LogP contribution in [-0.4, -0.2) is 117 Å². The summed E-state index contributed by atoms with van der Waals surface area (Å²) in [7, 11) is 0. The predicted octanol–water partition coefficient (Wildman–Crippen LogP) is -1.53. The van der Waals surface area contributed by atoms with Gasteiger partial charge < -0.3 is 44.4 Å². The zero-order chi connectivity index (χ0) is 23.7. The maximum absolute atomic E-state index is 11.6. The Morgan fingerprint density at radius 3 is 1.28 bits per heavy atom. The van der Waals surface area contributed by atoms with Crippen LogP contribution in [0, 0.1) is 0 Å². The molecule has 0 radical (unpaired) electrons. The molecular weight excluding hydrogens is 426 g/mol. The van der Waals surface area contributed by atoms with Gasteiger partial charge >= 0.3 is 0 Å². The molecule has 0 aliphatic rings. The first kappa shape index (κ1) is 30.2. The van der Waals surface area contributed by atoms with Crippen molar-refractivity contribution >= 4 is 17.7 Å². The molecule has 0 saturated carbocycles. The summed E-state index contributed by atoms with van der Waals surface area (Å²) in [6, 6.07) is 0. The summed E-state index contributed by atoms with van der Waals surface area (Å²) in [6.07, 6.45) is 0. The number of rotatable bonds is 23. The van der Waals surface area contributed by atoms with E-state index < -0.39 is 0 Å². The van der Waals surface area contributed by atoms with Gasteiger partial charge in [0.15, 0.2) is 0 Å². The van der Waals surface area contributed by atoms with Gasteiger partial charge in [-0.3, -0.25) is 14.4 Å². The summed E-state index contributed by atoms with van der Waals surface area (Å²) in [5.74, 6) is -0.627. The van der Waals surface area contributed by atoms with E-state index in [0.717, 1.165) is 0 Å². The van der Waals surface area contributed by atoms with Crippen molar-refractivity contribution < 1.29 is 42.8 Å². The van der Waals surface area contributed by atoms with Gasteiger partial charge in [0.2, 0.25) is 17.7 Å². The van der Waals surface area contributed by atoms with E-state index in [1.54, 1.807) is 0 Å². The number of hydrogen-bond acceptors (Lipinski definition) is 9. The van der Waals surface area contributed by atoms with Crippen LogP contribution in [0.2, 0.25) is 0 Å². The monoisotopic (exact) mass is 465 g/mol. The average molecular weight is 466 g/mol. The molecule has 0 rings (SSSR count). The first-order valence-electron chi connectivity index (χ1n) is 10.9. The van der Waals surface area contributed by atoms with E-state index in [1.165, 1.54) is 0 Å². The molecule has 0 saturated heterocycles. The lowest BCUT2D eigenvalue weighted by molar-refractivity contribution is -0.127. The van der Waals surface area contributed by atoms with Crippen molar-refractivity contribution in [2.24, 2.45) is 0 Å². The number of carbonyl (C=O) groups excluding carboxylic acids is 3. The van der Waals surface area contributed by atoms with Crippen LogP contribution in [0.15, 0.2) is 0 Å². The molecule has 0 fully saturated rings. The second-order valence-electron chi connectivity index (χ2n) is 6.23. The molecule has 0 unspecified atom stereocenters. The minimum Gasteiger partial charge on any atom is -0.379 e. The third-order valence-electron chi connectivity index (χ3n) is 3.53. The van der Waals surface area contributed by atoms with Gasteiger partial charge in [0.1, 0.15) is 19.8 Å². The van der Waals surface area contributed by atoms with Gasteiger partial charge in [-0.15, -0.1) is 0 Å². The molecule has 0 heterocycles. The number of amides is 3. The van der Waals surface area contributed by atoms with Crippen LogP contribution in [0.5, 0.6) is 0 Å². The molecule has 0 spiro atoms. The van der Waals surface area contributed by atoms with Crippen molar-refractivity contribution in [3.63, 3.8) is 0 Å². The van der Waals surface area contributed by atoms with E-state index in [9.17, 15) is 14.4 Å². The third kappa shape index (κ3) is 22.8. The van der Waals surface area contributed by atoms with Crippen LogP contribution in [0.3, 0.4) is 0 Å². The summed E-state index contributed by atoms with van der Waals surface area (Å²) in [5, 5.41) is 7.95. The minimum absolute atomic E-state index is 0.00790. The molecule has 12 heteroatoms. The Bertz CT molecular complexity index is 481. The van der Waals surface area contributed by atoms with Crippen molar-refractivity contribution in [3.05, 3.63) is 0 Å². The van der Waals surface area contributed by atoms with E-state index >= 15 is 0 Å². The lowest BCUT2D eigenvalue weighted by atomic mass is 10.5. The fourth-order valence-electron chi connectivity index (χ4n) is 2.07. The molecule has 0 aliphatic carbocycles. The molecule has 12 nitrogen and oxygen atoms in total. The molecule has 0 atom stereocenters. The second-order valence-corrected chi connectivity index (χ2v) is 6.23. The molecule has 32 heavy (non-hydrogen) atoms. The Hall–Kier alpha value is -1.83. The molecule has 188 valence electrons. The van der Waals surface area contributed by atoms with E-state index in [4.69, 9.17) is 28.4 Å². The van der Waals surface area contributed by atoms with Crippen LogP contribution in [0.4, 0.5) is 0 Å². The molecule has 0 aromatic heterocycles. The summed E-state index contributed by atoms with van der Waals surface area (Å²) in [5.41, 5.74) is 0. The van der Waals surface area contributed by atoms with Gasteiger partial charge in [-0.25, -0.2) is 0 Å². The van der Waals surface area contributed by atoms with E-state index in [-0.39, 0.29) is 44.1 Å². The number of carbonyl (C=O) groups is 3. The summed E-state index contributed by atoms with van der Waals surface area (Å²) < 4.78 is 31.2. The lowest BCUT2D eigenvalue weighted by Gasteiger charge is -2.09. The van der Waals surface area contributed by atoms with Gasteiger partial charge in [-0.2, -0.15) is 0 Å². The minimum atomic E-state index is -0.252. The van der Waals surface area contributed by atoms with Crippen molar-refractivity contribution in [3.8, 4) is 0 Å². The van der Waals surface area contributed by atoms with Crippen LogP contribution >= 0.6 is 0 Å². The quantitative estimate of drug-likeness (QED) is 0.153. The number of ether oxygens (including phenoxy) is 6. The lowest BCUT2D eigenvalue weighted by Crippen LogP contribution is -2.32. The Labute approximate surface area is 189 Å². The molecular formula is C20H39N3O9. The highest BCUT2D eigenvalue weighted by Crippen LogP contribution is 1.83. The van der Waals surface area contributed by atoms with E-state index in [2.05, 4.69) is 16.0 Å². The van der Waals surface area contributed by atoms with Gasteiger partial charge in [0.25, 0.3) is 0 Å². The van der Waals surface area contributed by atoms with Crippen LogP contribution in [0.1, 0.15) is 13.8 Å². The maximum atomic E-state index is 11.6. The Morgan fingerprint density at radius 1 is 0.500 bits per heavy atom. The third-order valence-corrected chi connectivity index (χ3v) is 3.53. The second kappa shape index (κ2) is 23.8. The standard InChI is InChI=1S/C20H39N3O9/c1-3-21-18(24)15-31-13-10-28-7-6-23-20(26)17-32-14-11-29-8-5-22-19(25)16-30-12-9-27-4-2/h3-17H2,1-2H3,(H,21,24)(H,22,25)(H,23,26). The van der Waals surface area contributed by atoms with E-state index in [0.29, 0.717) is 72.5 Å². The van der Waals surface area contributed by atoms with Crippen LogP contribution in [-0.2, 0) is 42.8 Å². The molecule has 3 N–H and O–H groups in total. The van der Waals surface area contributed by atoms with Gasteiger partial charge in [0, 0.05) is 26.2 Å². The Morgan fingerprint density at radius 2 is 0.875 bits per heavy atom. The van der Waals surface area contributed by atoms with Gasteiger partial charge in [-0.05, 0) is 13.8 Å². The molecule has 0 aromatic rings. The highest BCUT2D eigenvalue weighted by Gasteiger charge is 2.03. The van der Waals surface area contributed by atoms with Crippen molar-refractivity contribution in [1.29, 1.82) is 0 Å². The SMILES string of the molecule is CCNC(=O)COCCOCCNC(=O)COCCOCCNC(=O)COCCOCC. The van der Waals surface area contributed by atoms with Crippen LogP contribution in [0.25, 0.3) is 0 Å². The number of hydrogen-bond donors (Lipinski definition) is 3. The summed E-state index contributed by atoms with van der Waals surface area (Å²) in [6.45, 7) is 8.30. The largest absolute Gasteiger partial charge is 0.379 e. The highest BCUT2D eigenvalue weighted by atomic mass is 16.5. The van der Waals surface area contributed by atoms with Gasteiger partial charge in [0.05, 0.1) is 52.9 Å². The number of likely N-dealkylation sites (N-methyl/N-ethyl adjacent to an activating group) is 1. The van der Waals surface area contributed by atoms with E-state index in [1.807, 2.05) is 13.8 Å². The molecule has 3 amide bonds. The fourth-order valence-corrected chi connectivity index (χ4v) is 2.07. The first-order chi connectivity index (χ1) is 15.6. The average Bonchev–Trinajstić information content (AvgIpc) is 2.77. The number of nitrogens with one attached hydrogen (secondary N) is 3.